The Kier molecular flexibility index (Phi) is 5.79. The molecule has 168 valence electrons. The molecule has 0 aliphatic carbocycles. The molecule has 4 heterocycles. The van der Waals surface area contributed by atoms with Gasteiger partial charge in [0.1, 0.15) is 11.5 Å². The first kappa shape index (κ1) is 21.5. The Hall–Kier alpha value is -3.35. The van der Waals surface area contributed by atoms with Crippen LogP contribution in [0.15, 0.2) is 53.6 Å². The van der Waals surface area contributed by atoms with Crippen molar-refractivity contribution in [2.24, 2.45) is 0 Å². The van der Waals surface area contributed by atoms with Gasteiger partial charge in [0.25, 0.3) is 0 Å². The third-order valence-electron chi connectivity index (χ3n) is 6.15. The number of benzene rings is 1. The van der Waals surface area contributed by atoms with E-state index >= 15 is 0 Å². The molecular formula is C24H24N6O2S. The Morgan fingerprint density at radius 2 is 1.82 bits per heavy atom. The molecule has 33 heavy (non-hydrogen) atoms. The summed E-state index contributed by atoms with van der Waals surface area (Å²) in [5.41, 5.74) is 2.78. The molecule has 0 saturated carbocycles. The first-order valence-electron chi connectivity index (χ1n) is 11.1. The second-order valence-corrected chi connectivity index (χ2v) is 10.2. The fraction of sp³-hybridized carbons (Fsp3) is 0.333. The lowest BCUT2D eigenvalue weighted by Gasteiger charge is -2.34. The van der Waals surface area contributed by atoms with Gasteiger partial charge in [-0.25, -0.2) is 18.4 Å². The summed E-state index contributed by atoms with van der Waals surface area (Å²) in [6.45, 7) is 2.32. The van der Waals surface area contributed by atoms with Crippen molar-refractivity contribution in [3.8, 4) is 17.6 Å². The molecule has 3 aromatic rings. The molecule has 0 N–H and O–H groups in total. The maximum atomic E-state index is 13.4. The fourth-order valence-electron chi connectivity index (χ4n) is 4.43. The molecule has 9 heteroatoms. The molecule has 8 nitrogen and oxygen atoms in total. The van der Waals surface area contributed by atoms with E-state index in [4.69, 9.17) is 9.97 Å². The number of fused-ring (bicyclic) bond motifs is 1. The quantitative estimate of drug-likeness (QED) is 0.589. The van der Waals surface area contributed by atoms with E-state index in [1.807, 2.05) is 24.3 Å². The van der Waals surface area contributed by atoms with E-state index in [9.17, 15) is 13.7 Å². The lowest BCUT2D eigenvalue weighted by atomic mass is 10.0. The number of anilines is 1. The highest BCUT2D eigenvalue weighted by molar-refractivity contribution is 7.89. The lowest BCUT2D eigenvalue weighted by Crippen LogP contribution is -2.39. The predicted octanol–water partition coefficient (Wildman–Crippen LogP) is 3.15. The zero-order valence-electron chi connectivity index (χ0n) is 18.2. The molecule has 0 spiro atoms. The normalized spacial score (nSPS) is 16.8. The van der Waals surface area contributed by atoms with Crippen LogP contribution in [-0.4, -0.2) is 47.3 Å². The number of hydrogen-bond donors (Lipinski definition) is 0. The van der Waals surface area contributed by atoms with E-state index in [-0.39, 0.29) is 11.4 Å². The van der Waals surface area contributed by atoms with Gasteiger partial charge < -0.3 is 4.90 Å². The van der Waals surface area contributed by atoms with Gasteiger partial charge in [0, 0.05) is 44.4 Å². The average Bonchev–Trinajstić information content (AvgIpc) is 2.88. The molecule has 0 unspecified atom stereocenters. The first-order chi connectivity index (χ1) is 16.1. The van der Waals surface area contributed by atoms with Gasteiger partial charge in [-0.2, -0.15) is 9.57 Å². The van der Waals surface area contributed by atoms with Crippen molar-refractivity contribution in [3.63, 3.8) is 0 Å². The van der Waals surface area contributed by atoms with Gasteiger partial charge >= 0.3 is 0 Å². The number of aromatic nitrogens is 3. The molecular weight excluding hydrogens is 436 g/mol. The van der Waals surface area contributed by atoms with Crippen molar-refractivity contribution in [2.45, 2.75) is 37.1 Å². The van der Waals surface area contributed by atoms with Gasteiger partial charge in [0.05, 0.1) is 22.2 Å². The molecule has 2 aromatic heterocycles. The summed E-state index contributed by atoms with van der Waals surface area (Å²) >= 11 is 0. The highest BCUT2D eigenvalue weighted by Crippen LogP contribution is 2.33. The van der Waals surface area contributed by atoms with Crippen LogP contribution in [0.2, 0.25) is 0 Å². The van der Waals surface area contributed by atoms with Crippen molar-refractivity contribution in [1.29, 1.82) is 5.26 Å². The Morgan fingerprint density at radius 1 is 0.970 bits per heavy atom. The highest BCUT2D eigenvalue weighted by Gasteiger charge is 2.33. The van der Waals surface area contributed by atoms with Crippen LogP contribution in [-0.2, 0) is 23.0 Å². The smallest absolute Gasteiger partial charge is 0.243 e. The number of hydrogen-bond acceptors (Lipinski definition) is 7. The molecule has 2 aliphatic rings. The summed E-state index contributed by atoms with van der Waals surface area (Å²) < 4.78 is 28.3. The molecule has 0 atom stereocenters. The standard InChI is InChI=1S/C24H24N6O2S/c25-16-18-7-6-8-19(15-18)33(31,32)30-14-10-21-20(17-30)24(29-12-4-1-5-13-29)28-23(27-21)22-9-2-3-11-26-22/h2-3,6-9,11,15H,1,4-5,10,12-14,17H2. The minimum atomic E-state index is -3.75. The van der Waals surface area contributed by atoms with Crippen LogP contribution < -0.4 is 4.90 Å². The van der Waals surface area contributed by atoms with Crippen molar-refractivity contribution in [2.75, 3.05) is 24.5 Å². The molecule has 2 aliphatic heterocycles. The maximum absolute atomic E-state index is 13.4. The zero-order valence-corrected chi connectivity index (χ0v) is 19.0. The van der Waals surface area contributed by atoms with Crippen LogP contribution in [0.5, 0.6) is 0 Å². The van der Waals surface area contributed by atoms with Crippen LogP contribution >= 0.6 is 0 Å². The van der Waals surface area contributed by atoms with Gasteiger partial charge in [0.2, 0.25) is 10.0 Å². The van der Waals surface area contributed by atoms with Crippen LogP contribution in [0.25, 0.3) is 11.5 Å². The van der Waals surface area contributed by atoms with Gasteiger partial charge in [-0.3, -0.25) is 4.98 Å². The third-order valence-corrected chi connectivity index (χ3v) is 8.00. The topological polar surface area (TPSA) is 103 Å². The van der Waals surface area contributed by atoms with Crippen molar-refractivity contribution in [1.82, 2.24) is 19.3 Å². The van der Waals surface area contributed by atoms with E-state index in [1.165, 1.54) is 22.9 Å². The number of nitrogens with zero attached hydrogens (tertiary/aromatic N) is 6. The largest absolute Gasteiger partial charge is 0.356 e. The third kappa shape index (κ3) is 4.19. The van der Waals surface area contributed by atoms with Crippen LogP contribution in [0.1, 0.15) is 36.1 Å². The maximum Gasteiger partial charge on any atom is 0.243 e. The molecule has 1 fully saturated rings. The summed E-state index contributed by atoms with van der Waals surface area (Å²) in [7, 11) is -3.75. The molecule has 0 amide bonds. The minimum Gasteiger partial charge on any atom is -0.356 e. The summed E-state index contributed by atoms with van der Waals surface area (Å²) in [5, 5.41) is 9.18. The average molecular weight is 461 g/mol. The van der Waals surface area contributed by atoms with E-state index in [2.05, 4.69) is 9.88 Å². The number of nitriles is 1. The number of pyridine rings is 1. The second-order valence-electron chi connectivity index (χ2n) is 8.29. The number of sulfonamides is 1. The summed E-state index contributed by atoms with van der Waals surface area (Å²) in [6.07, 6.45) is 5.58. The number of rotatable bonds is 4. The van der Waals surface area contributed by atoms with Crippen molar-refractivity contribution >= 4 is 15.8 Å². The Bertz CT molecular complexity index is 1310. The van der Waals surface area contributed by atoms with Crippen molar-refractivity contribution in [3.05, 3.63) is 65.5 Å². The van der Waals surface area contributed by atoms with Crippen LogP contribution in [0.4, 0.5) is 5.82 Å². The van der Waals surface area contributed by atoms with Gasteiger partial charge in [-0.1, -0.05) is 12.1 Å². The van der Waals surface area contributed by atoms with E-state index < -0.39 is 10.0 Å². The molecule has 5 rings (SSSR count). The monoisotopic (exact) mass is 460 g/mol. The predicted molar refractivity (Wildman–Crippen MR) is 124 cm³/mol. The van der Waals surface area contributed by atoms with Gasteiger partial charge in [-0.05, 0) is 49.6 Å². The van der Waals surface area contributed by atoms with Crippen LogP contribution in [0, 0.1) is 11.3 Å². The Labute approximate surface area is 193 Å². The van der Waals surface area contributed by atoms with E-state index in [0.717, 1.165) is 43.0 Å². The molecule has 1 saturated heterocycles. The summed E-state index contributed by atoms with van der Waals surface area (Å²) in [5.74, 6) is 1.39. The van der Waals surface area contributed by atoms with E-state index in [1.54, 1.807) is 18.3 Å². The lowest BCUT2D eigenvalue weighted by molar-refractivity contribution is 0.386. The first-order valence-corrected chi connectivity index (χ1v) is 12.6. The van der Waals surface area contributed by atoms with Gasteiger partial charge in [-0.15, -0.1) is 0 Å². The SMILES string of the molecule is N#Cc1cccc(S(=O)(=O)N2CCc3nc(-c4ccccn4)nc(N4CCCCC4)c3C2)c1. The molecule has 0 radical (unpaired) electrons. The summed E-state index contributed by atoms with van der Waals surface area (Å²) in [6, 6.07) is 13.9. The summed E-state index contributed by atoms with van der Waals surface area (Å²) in [4.78, 5) is 16.5. The van der Waals surface area contributed by atoms with Crippen LogP contribution in [0.3, 0.4) is 0 Å². The van der Waals surface area contributed by atoms with Gasteiger partial charge in [0.15, 0.2) is 5.82 Å². The van der Waals surface area contributed by atoms with E-state index in [0.29, 0.717) is 30.0 Å². The Balaban J connectivity index is 1.55. The molecule has 1 aromatic carbocycles. The zero-order chi connectivity index (χ0) is 22.8. The highest BCUT2D eigenvalue weighted by atomic mass is 32.2. The fourth-order valence-corrected chi connectivity index (χ4v) is 5.88. The minimum absolute atomic E-state index is 0.135. The van der Waals surface area contributed by atoms with Crippen molar-refractivity contribution < 1.29 is 8.42 Å². The number of piperidine rings is 1. The molecule has 0 bridgehead atoms. The Morgan fingerprint density at radius 3 is 2.58 bits per heavy atom. The second kappa shape index (κ2) is 8.89.